The summed E-state index contributed by atoms with van der Waals surface area (Å²) >= 11 is 0. The van der Waals surface area contributed by atoms with E-state index in [1.54, 1.807) is 19.1 Å². The molecular weight excluding hydrogens is 402 g/mol. The zero-order valence-corrected chi connectivity index (χ0v) is 18.5. The fraction of sp³-hybridized carbons (Fsp3) is 0.308. The van der Waals surface area contributed by atoms with Crippen LogP contribution in [0.15, 0.2) is 72.1 Å². The van der Waals surface area contributed by atoms with Crippen molar-refractivity contribution in [2.24, 2.45) is 5.92 Å². The number of imidazole rings is 1. The summed E-state index contributed by atoms with van der Waals surface area (Å²) in [5, 5.41) is 22.3. The first-order valence-electron chi connectivity index (χ1n) is 11.0. The fourth-order valence-electron chi connectivity index (χ4n) is 4.11. The van der Waals surface area contributed by atoms with Crippen LogP contribution in [0.1, 0.15) is 31.0 Å². The van der Waals surface area contributed by atoms with Crippen molar-refractivity contribution >= 4 is 11.6 Å². The topological polar surface area (TPSA) is 86.9 Å². The first-order valence-corrected chi connectivity index (χ1v) is 11.0. The monoisotopic (exact) mass is 431 g/mol. The van der Waals surface area contributed by atoms with Crippen molar-refractivity contribution in [2.45, 2.75) is 39.2 Å². The second-order valence-electron chi connectivity index (χ2n) is 8.42. The largest absolute Gasteiger partial charge is 0.508 e. The second-order valence-corrected chi connectivity index (χ2v) is 8.42. The Morgan fingerprint density at radius 3 is 2.69 bits per heavy atom. The number of benzene rings is 1. The minimum Gasteiger partial charge on any atom is -0.508 e. The van der Waals surface area contributed by atoms with Gasteiger partial charge in [-0.1, -0.05) is 36.4 Å². The van der Waals surface area contributed by atoms with Gasteiger partial charge in [-0.15, -0.1) is 0 Å². The predicted molar refractivity (Wildman–Crippen MR) is 125 cm³/mol. The normalized spacial score (nSPS) is 17.0. The van der Waals surface area contributed by atoms with E-state index in [1.165, 1.54) is 0 Å². The lowest BCUT2D eigenvalue weighted by molar-refractivity contribution is -0.124. The zero-order chi connectivity index (χ0) is 22.7. The van der Waals surface area contributed by atoms with E-state index in [1.807, 2.05) is 42.6 Å². The average Bonchev–Trinajstić information content (AvgIpc) is 3.22. The van der Waals surface area contributed by atoms with Gasteiger partial charge >= 0.3 is 0 Å². The number of aryl methyl sites for hydroxylation is 1. The third-order valence-corrected chi connectivity index (χ3v) is 6.01. The molecule has 6 heteroatoms. The van der Waals surface area contributed by atoms with Gasteiger partial charge < -0.3 is 19.9 Å². The second kappa shape index (κ2) is 9.40. The van der Waals surface area contributed by atoms with Crippen molar-refractivity contribution in [3.63, 3.8) is 0 Å². The molecule has 0 bridgehead atoms. The van der Waals surface area contributed by atoms with Gasteiger partial charge in [0, 0.05) is 30.1 Å². The number of allylic oxidation sites excluding steroid dienone is 2. The zero-order valence-electron chi connectivity index (χ0n) is 18.5. The summed E-state index contributed by atoms with van der Waals surface area (Å²) in [5.41, 5.74) is 5.81. The summed E-state index contributed by atoms with van der Waals surface area (Å²) in [6.07, 6.45) is 7.11. The number of aliphatic hydroxyl groups excluding tert-OH is 2. The van der Waals surface area contributed by atoms with Crippen LogP contribution >= 0.6 is 0 Å². The van der Waals surface area contributed by atoms with E-state index < -0.39 is 0 Å². The molecule has 0 aliphatic heterocycles. The Balaban J connectivity index is 1.44. The number of hydrogen-bond donors (Lipinski definition) is 3. The van der Waals surface area contributed by atoms with Gasteiger partial charge in [0.15, 0.2) is 0 Å². The third kappa shape index (κ3) is 4.75. The van der Waals surface area contributed by atoms with E-state index in [0.29, 0.717) is 24.8 Å². The first kappa shape index (κ1) is 21.8. The molecule has 1 aliphatic carbocycles. The van der Waals surface area contributed by atoms with E-state index >= 15 is 0 Å². The van der Waals surface area contributed by atoms with Gasteiger partial charge in [-0.3, -0.25) is 4.79 Å². The van der Waals surface area contributed by atoms with E-state index in [-0.39, 0.29) is 30.2 Å². The van der Waals surface area contributed by atoms with E-state index in [4.69, 9.17) is 4.98 Å². The number of carbonyl (C=O) groups is 1. The lowest BCUT2D eigenvalue weighted by atomic mass is 9.94. The fourth-order valence-corrected chi connectivity index (χ4v) is 4.11. The molecule has 6 nitrogen and oxygen atoms in total. The maximum atomic E-state index is 12.7. The molecule has 1 amide bonds. The Kier molecular flexibility index (Phi) is 6.42. The van der Waals surface area contributed by atoms with Crippen LogP contribution in [-0.2, 0) is 11.2 Å². The SMILES string of the molecule is CC1=CC(C(=O)NC(CCO)Cc2ccc(-c3cn4c(C)cccc4n3)cc2)CC=C1O. The number of nitrogens with zero attached hydrogens (tertiary/aromatic N) is 2. The Bertz CT molecular complexity index is 1170. The molecule has 32 heavy (non-hydrogen) atoms. The summed E-state index contributed by atoms with van der Waals surface area (Å²) in [6, 6.07) is 14.1. The molecule has 4 rings (SSSR count). The molecule has 3 aromatic rings. The molecule has 0 fully saturated rings. The van der Waals surface area contributed by atoms with Crippen molar-refractivity contribution in [2.75, 3.05) is 6.61 Å². The van der Waals surface area contributed by atoms with E-state index in [2.05, 4.69) is 22.7 Å². The summed E-state index contributed by atoms with van der Waals surface area (Å²) in [5.74, 6) is -0.141. The van der Waals surface area contributed by atoms with Gasteiger partial charge in [0.1, 0.15) is 11.4 Å². The van der Waals surface area contributed by atoms with Gasteiger partial charge in [-0.2, -0.15) is 0 Å². The molecule has 0 radical (unpaired) electrons. The minimum atomic E-state index is -0.298. The molecule has 2 aromatic heterocycles. The molecule has 0 saturated carbocycles. The van der Waals surface area contributed by atoms with Crippen molar-refractivity contribution in [3.05, 3.63) is 83.4 Å². The number of pyridine rings is 1. The highest BCUT2D eigenvalue weighted by molar-refractivity contribution is 5.81. The smallest absolute Gasteiger partial charge is 0.227 e. The van der Waals surface area contributed by atoms with Crippen molar-refractivity contribution in [3.8, 4) is 11.3 Å². The molecular formula is C26H29N3O3. The van der Waals surface area contributed by atoms with E-state index in [0.717, 1.165) is 28.2 Å². The van der Waals surface area contributed by atoms with Crippen LogP contribution in [0.2, 0.25) is 0 Å². The molecule has 0 saturated heterocycles. The van der Waals surface area contributed by atoms with Crippen LogP contribution in [0.4, 0.5) is 0 Å². The van der Waals surface area contributed by atoms with Crippen LogP contribution in [0.3, 0.4) is 0 Å². The molecule has 0 spiro atoms. The van der Waals surface area contributed by atoms with Gasteiger partial charge in [0.05, 0.1) is 11.6 Å². The number of hydrogen-bond acceptors (Lipinski definition) is 4. The van der Waals surface area contributed by atoms with E-state index in [9.17, 15) is 15.0 Å². The number of nitrogens with one attached hydrogen (secondary N) is 1. The molecule has 2 atom stereocenters. The summed E-state index contributed by atoms with van der Waals surface area (Å²) in [6.45, 7) is 3.85. The van der Waals surface area contributed by atoms with Crippen LogP contribution in [0, 0.1) is 12.8 Å². The summed E-state index contributed by atoms with van der Waals surface area (Å²) < 4.78 is 2.08. The lowest BCUT2D eigenvalue weighted by Gasteiger charge is -2.22. The average molecular weight is 432 g/mol. The van der Waals surface area contributed by atoms with Crippen LogP contribution < -0.4 is 5.32 Å². The Morgan fingerprint density at radius 2 is 2.00 bits per heavy atom. The summed E-state index contributed by atoms with van der Waals surface area (Å²) in [4.78, 5) is 17.4. The van der Waals surface area contributed by atoms with Gasteiger partial charge in [-0.25, -0.2) is 4.98 Å². The van der Waals surface area contributed by atoms with Gasteiger partial charge in [0.2, 0.25) is 5.91 Å². The maximum absolute atomic E-state index is 12.7. The number of amides is 1. The molecule has 1 aromatic carbocycles. The first-order chi connectivity index (χ1) is 15.4. The Hall–Kier alpha value is -3.38. The third-order valence-electron chi connectivity index (χ3n) is 6.01. The quantitative estimate of drug-likeness (QED) is 0.525. The Labute approximate surface area is 187 Å². The molecule has 2 unspecified atom stereocenters. The molecule has 3 N–H and O–H groups in total. The predicted octanol–water partition coefficient (Wildman–Crippen LogP) is 4.13. The highest BCUT2D eigenvalue weighted by Crippen LogP contribution is 2.23. The highest BCUT2D eigenvalue weighted by atomic mass is 16.3. The number of fused-ring (bicyclic) bond motifs is 1. The molecule has 1 aliphatic rings. The van der Waals surface area contributed by atoms with Crippen LogP contribution in [0.25, 0.3) is 16.9 Å². The van der Waals surface area contributed by atoms with Crippen LogP contribution in [0.5, 0.6) is 0 Å². The maximum Gasteiger partial charge on any atom is 0.227 e. The molecule has 2 heterocycles. The minimum absolute atomic E-state index is 0.00382. The molecule has 166 valence electrons. The van der Waals surface area contributed by atoms with Crippen molar-refractivity contribution in [1.29, 1.82) is 0 Å². The number of carbonyl (C=O) groups excluding carboxylic acids is 1. The standard InChI is InChI=1S/C26H29N3O3/c1-17-14-21(10-11-24(17)31)26(32)27-22(12-13-30)15-19-6-8-20(9-7-19)23-16-29-18(2)4-3-5-25(29)28-23/h3-9,11,14,16,21-22,30-31H,10,12-13,15H2,1-2H3,(H,27,32). The number of aromatic nitrogens is 2. The van der Waals surface area contributed by atoms with Crippen molar-refractivity contribution in [1.82, 2.24) is 14.7 Å². The van der Waals surface area contributed by atoms with Crippen LogP contribution in [-0.4, -0.2) is 38.2 Å². The van der Waals surface area contributed by atoms with Gasteiger partial charge in [0.25, 0.3) is 0 Å². The number of rotatable bonds is 7. The lowest BCUT2D eigenvalue weighted by Crippen LogP contribution is -2.40. The Morgan fingerprint density at radius 1 is 1.22 bits per heavy atom. The summed E-state index contributed by atoms with van der Waals surface area (Å²) in [7, 11) is 0. The van der Waals surface area contributed by atoms with Gasteiger partial charge in [-0.05, 0) is 62.5 Å². The van der Waals surface area contributed by atoms with Crippen molar-refractivity contribution < 1.29 is 15.0 Å². The highest BCUT2D eigenvalue weighted by Gasteiger charge is 2.22. The number of aliphatic hydroxyl groups is 2.